The van der Waals surface area contributed by atoms with E-state index in [1.54, 1.807) is 22.9 Å². The lowest BCUT2D eigenvalue weighted by Crippen LogP contribution is -2.46. The van der Waals surface area contributed by atoms with Crippen LogP contribution < -0.4 is 3.53 Å². The molecule has 1 fully saturated rings. The molecule has 0 saturated carbocycles. The van der Waals surface area contributed by atoms with Crippen molar-refractivity contribution in [2.45, 2.75) is 25.8 Å². The molecule has 6 nitrogen and oxygen atoms in total. The van der Waals surface area contributed by atoms with Crippen LogP contribution in [0, 0.1) is 5.92 Å². The van der Waals surface area contributed by atoms with Gasteiger partial charge < -0.3 is 9.64 Å². The van der Waals surface area contributed by atoms with Crippen LogP contribution >= 0.6 is 22.9 Å². The molecule has 2 atom stereocenters. The van der Waals surface area contributed by atoms with Gasteiger partial charge in [0, 0.05) is 6.54 Å². The minimum atomic E-state index is -0.754. The number of carbonyl (C=O) groups is 3. The van der Waals surface area contributed by atoms with Gasteiger partial charge in [-0.25, -0.2) is 0 Å². The second-order valence-corrected chi connectivity index (χ2v) is 4.32. The van der Waals surface area contributed by atoms with Crippen LogP contribution in [0.5, 0.6) is 0 Å². The van der Waals surface area contributed by atoms with E-state index in [9.17, 15) is 14.4 Å². The summed E-state index contributed by atoms with van der Waals surface area (Å²) in [5.74, 6) is -1.81. The first-order valence-corrected chi connectivity index (χ1v) is 6.43. The quantitative estimate of drug-likeness (QED) is 0.340. The molecule has 17 heavy (non-hydrogen) atoms. The van der Waals surface area contributed by atoms with E-state index in [0.29, 0.717) is 19.4 Å². The molecule has 2 amide bonds. The van der Waals surface area contributed by atoms with Gasteiger partial charge in [0.05, 0.1) is 30.0 Å². The standard InChI is InChI=1S/C10H15IN2O4/c1-3-7(8(14)12-11)13-5-4-6(9(13)15)10(16)17-2/h6-7H,3-5H2,1-2H3,(H,12,14)/t6?,7-/m0/s1. The Hall–Kier alpha value is -0.860. The van der Waals surface area contributed by atoms with Crippen molar-refractivity contribution in [3.63, 3.8) is 0 Å². The van der Waals surface area contributed by atoms with E-state index in [4.69, 9.17) is 0 Å². The third kappa shape index (κ3) is 2.88. The van der Waals surface area contributed by atoms with Gasteiger partial charge in [0.15, 0.2) is 0 Å². The van der Waals surface area contributed by atoms with Gasteiger partial charge in [-0.3, -0.25) is 17.9 Å². The fourth-order valence-corrected chi connectivity index (χ4v) is 2.34. The van der Waals surface area contributed by atoms with E-state index >= 15 is 0 Å². The Balaban J connectivity index is 2.78. The molecule has 1 N–H and O–H groups in total. The molecule has 96 valence electrons. The fourth-order valence-electron chi connectivity index (χ4n) is 1.98. The Morgan fingerprint density at radius 1 is 1.65 bits per heavy atom. The lowest BCUT2D eigenvalue weighted by Gasteiger charge is -2.24. The average Bonchev–Trinajstić information content (AvgIpc) is 2.71. The molecule has 1 unspecified atom stereocenters. The lowest BCUT2D eigenvalue weighted by atomic mass is 10.1. The summed E-state index contributed by atoms with van der Waals surface area (Å²) in [5, 5.41) is 0. The molecule has 1 aliphatic rings. The van der Waals surface area contributed by atoms with Crippen LogP contribution in [0.4, 0.5) is 0 Å². The van der Waals surface area contributed by atoms with Crippen molar-refractivity contribution >= 4 is 40.6 Å². The maximum Gasteiger partial charge on any atom is 0.318 e. The second kappa shape index (κ2) is 6.18. The number of nitrogens with zero attached hydrogens (tertiary/aromatic N) is 1. The zero-order valence-electron chi connectivity index (χ0n) is 9.73. The summed E-state index contributed by atoms with van der Waals surface area (Å²) in [6, 6.07) is -0.506. The summed E-state index contributed by atoms with van der Waals surface area (Å²) in [7, 11) is 1.26. The minimum absolute atomic E-state index is 0.216. The first-order valence-electron chi connectivity index (χ1n) is 5.35. The Morgan fingerprint density at radius 3 is 2.76 bits per heavy atom. The highest BCUT2D eigenvalue weighted by Gasteiger charge is 2.42. The molecule has 0 aliphatic carbocycles. The smallest absolute Gasteiger partial charge is 0.318 e. The third-order valence-corrected chi connectivity index (χ3v) is 3.42. The number of nitrogens with one attached hydrogen (secondary N) is 1. The number of carbonyl (C=O) groups excluding carboxylic acids is 3. The highest BCUT2D eigenvalue weighted by atomic mass is 127. The molecule has 0 bridgehead atoms. The summed E-state index contributed by atoms with van der Waals surface area (Å²) >= 11 is 1.74. The largest absolute Gasteiger partial charge is 0.468 e. The second-order valence-electron chi connectivity index (χ2n) is 3.78. The van der Waals surface area contributed by atoms with Gasteiger partial charge in [-0.15, -0.1) is 0 Å². The van der Waals surface area contributed by atoms with Crippen LogP contribution in [-0.2, 0) is 19.1 Å². The molecular weight excluding hydrogens is 339 g/mol. The molecule has 7 heteroatoms. The third-order valence-electron chi connectivity index (χ3n) is 2.88. The topological polar surface area (TPSA) is 75.7 Å². The number of ether oxygens (including phenoxy) is 1. The van der Waals surface area contributed by atoms with Crippen molar-refractivity contribution in [1.82, 2.24) is 8.43 Å². The fraction of sp³-hybridized carbons (Fsp3) is 0.700. The van der Waals surface area contributed by atoms with E-state index in [1.807, 2.05) is 6.92 Å². The van der Waals surface area contributed by atoms with Gasteiger partial charge in [0.1, 0.15) is 12.0 Å². The average molecular weight is 354 g/mol. The molecule has 1 saturated heterocycles. The normalized spacial score (nSPS) is 21.2. The zero-order valence-corrected chi connectivity index (χ0v) is 11.9. The van der Waals surface area contributed by atoms with Crippen molar-refractivity contribution in [1.29, 1.82) is 0 Å². The minimum Gasteiger partial charge on any atom is -0.468 e. The van der Waals surface area contributed by atoms with E-state index in [-0.39, 0.29) is 11.8 Å². The van der Waals surface area contributed by atoms with Crippen molar-refractivity contribution in [3.05, 3.63) is 0 Å². The molecule has 0 spiro atoms. The lowest BCUT2D eigenvalue weighted by molar-refractivity contribution is -0.152. The summed E-state index contributed by atoms with van der Waals surface area (Å²) in [5.41, 5.74) is 0. The van der Waals surface area contributed by atoms with E-state index in [2.05, 4.69) is 8.27 Å². The van der Waals surface area contributed by atoms with E-state index < -0.39 is 17.9 Å². The van der Waals surface area contributed by atoms with Crippen molar-refractivity contribution < 1.29 is 19.1 Å². The first-order chi connectivity index (χ1) is 8.06. The number of likely N-dealkylation sites (tertiary alicyclic amines) is 1. The Labute approximate surface area is 114 Å². The van der Waals surface area contributed by atoms with Crippen LogP contribution in [-0.4, -0.2) is 42.4 Å². The predicted octanol–water partition coefficient (Wildman–Crippen LogP) is 0.253. The van der Waals surface area contributed by atoms with Crippen LogP contribution in [0.2, 0.25) is 0 Å². The summed E-state index contributed by atoms with van der Waals surface area (Å²) in [4.78, 5) is 36.4. The molecular formula is C10H15IN2O4. The number of hydrogen-bond donors (Lipinski definition) is 1. The number of halogens is 1. The Bertz CT molecular complexity index is 334. The molecule has 0 aromatic carbocycles. The van der Waals surface area contributed by atoms with Gasteiger partial charge in [-0.2, -0.15) is 0 Å². The Kier molecular flexibility index (Phi) is 5.16. The molecule has 1 heterocycles. The molecule has 1 aliphatic heterocycles. The number of amides is 2. The number of methoxy groups -OCH3 is 1. The zero-order chi connectivity index (χ0) is 13.0. The van der Waals surface area contributed by atoms with Gasteiger partial charge >= 0.3 is 5.97 Å². The van der Waals surface area contributed by atoms with Crippen molar-refractivity contribution in [2.24, 2.45) is 5.92 Å². The highest BCUT2D eigenvalue weighted by Crippen LogP contribution is 2.23. The number of esters is 1. The van der Waals surface area contributed by atoms with Gasteiger partial charge in [-0.05, 0) is 12.8 Å². The van der Waals surface area contributed by atoms with Crippen LogP contribution in [0.1, 0.15) is 19.8 Å². The van der Waals surface area contributed by atoms with Crippen LogP contribution in [0.3, 0.4) is 0 Å². The van der Waals surface area contributed by atoms with Gasteiger partial charge in [0.25, 0.3) is 5.91 Å². The number of rotatable bonds is 4. The van der Waals surface area contributed by atoms with E-state index in [0.717, 1.165) is 0 Å². The van der Waals surface area contributed by atoms with Crippen molar-refractivity contribution in [2.75, 3.05) is 13.7 Å². The monoisotopic (exact) mass is 354 g/mol. The molecule has 1 rings (SSSR count). The summed E-state index contributed by atoms with van der Waals surface area (Å²) < 4.78 is 7.06. The summed E-state index contributed by atoms with van der Waals surface area (Å²) in [6.07, 6.45) is 0.936. The first kappa shape index (κ1) is 14.2. The van der Waals surface area contributed by atoms with Crippen molar-refractivity contribution in [3.8, 4) is 0 Å². The summed E-state index contributed by atoms with van der Waals surface area (Å²) in [6.45, 7) is 2.25. The maximum atomic E-state index is 12.0. The molecule has 0 aromatic heterocycles. The van der Waals surface area contributed by atoms with Gasteiger partial charge in [0.2, 0.25) is 5.91 Å². The SMILES string of the molecule is CC[C@@H](C(=O)NI)N1CCC(C(=O)OC)C1=O. The van der Waals surface area contributed by atoms with Crippen LogP contribution in [0.25, 0.3) is 0 Å². The Morgan fingerprint density at radius 2 is 2.29 bits per heavy atom. The number of hydrogen-bond acceptors (Lipinski definition) is 4. The molecule has 0 aromatic rings. The van der Waals surface area contributed by atoms with Gasteiger partial charge in [-0.1, -0.05) is 6.92 Å². The highest BCUT2D eigenvalue weighted by molar-refractivity contribution is 14.1. The maximum absolute atomic E-state index is 12.0. The molecule has 0 radical (unpaired) electrons. The van der Waals surface area contributed by atoms with E-state index in [1.165, 1.54) is 12.0 Å². The predicted molar refractivity (Wildman–Crippen MR) is 68.1 cm³/mol. The van der Waals surface area contributed by atoms with Crippen LogP contribution in [0.15, 0.2) is 0 Å².